The van der Waals surface area contributed by atoms with Crippen LogP contribution in [0.5, 0.6) is 11.5 Å². The van der Waals surface area contributed by atoms with Crippen molar-refractivity contribution in [2.75, 3.05) is 13.7 Å². The van der Waals surface area contributed by atoms with E-state index in [4.69, 9.17) is 9.47 Å². The van der Waals surface area contributed by atoms with Gasteiger partial charge in [0.1, 0.15) is 11.5 Å². The first kappa shape index (κ1) is 16.5. The second-order valence-corrected chi connectivity index (χ2v) is 5.52. The Balaban J connectivity index is 2.87. The molecule has 0 aliphatic rings. The minimum Gasteiger partial charge on any atom is -0.496 e. The van der Waals surface area contributed by atoms with Crippen LogP contribution in [-0.4, -0.2) is 26.3 Å². The van der Waals surface area contributed by atoms with Crippen molar-refractivity contribution in [2.24, 2.45) is 0 Å². The molecule has 0 aromatic heterocycles. The van der Waals surface area contributed by atoms with Crippen LogP contribution in [-0.2, 0) is 0 Å². The summed E-state index contributed by atoms with van der Waals surface area (Å²) in [4.78, 5) is 22.8. The molecule has 0 N–H and O–H groups in total. The highest BCUT2D eigenvalue weighted by molar-refractivity contribution is 14.1. The van der Waals surface area contributed by atoms with Crippen LogP contribution in [0.3, 0.4) is 0 Å². The van der Waals surface area contributed by atoms with Crippen LogP contribution in [0.2, 0.25) is 0 Å². The van der Waals surface area contributed by atoms with Crippen LogP contribution in [0, 0.1) is 3.57 Å². The first-order chi connectivity index (χ1) is 10.7. The summed E-state index contributed by atoms with van der Waals surface area (Å²) in [6.45, 7) is 2.26. The number of ether oxygens (including phenoxy) is 2. The Labute approximate surface area is 142 Å². The molecular weight excluding hydrogens is 395 g/mol. The molecule has 0 bridgehead atoms. The third kappa shape index (κ3) is 2.99. The van der Waals surface area contributed by atoms with Gasteiger partial charge in [-0.1, -0.05) is 24.3 Å². The summed E-state index contributed by atoms with van der Waals surface area (Å²) >= 11 is 2.14. The molecule has 0 saturated heterocycles. The lowest BCUT2D eigenvalue weighted by Gasteiger charge is -2.18. The third-order valence-corrected chi connectivity index (χ3v) is 4.28. The van der Waals surface area contributed by atoms with E-state index in [0.29, 0.717) is 40.4 Å². The van der Waals surface area contributed by atoms with Crippen molar-refractivity contribution in [1.29, 1.82) is 0 Å². The fourth-order valence-corrected chi connectivity index (χ4v) is 3.15. The number of carbonyl (C=O) groups is 2. The molecule has 0 saturated carbocycles. The Bertz CT molecular complexity index is 710. The molecule has 2 rings (SSSR count). The lowest BCUT2D eigenvalue weighted by molar-refractivity contribution is 0.111. The number of hydrogen-bond donors (Lipinski definition) is 0. The summed E-state index contributed by atoms with van der Waals surface area (Å²) in [5.41, 5.74) is 2.35. The van der Waals surface area contributed by atoms with Gasteiger partial charge in [-0.15, -0.1) is 0 Å². The van der Waals surface area contributed by atoms with E-state index in [2.05, 4.69) is 22.6 Å². The fourth-order valence-electron chi connectivity index (χ4n) is 2.24. The van der Waals surface area contributed by atoms with Gasteiger partial charge in [-0.05, 0) is 41.1 Å². The maximum absolute atomic E-state index is 11.4. The maximum atomic E-state index is 11.4. The molecule has 2 aromatic carbocycles. The lowest BCUT2D eigenvalue weighted by atomic mass is 9.97. The molecule has 5 heteroatoms. The van der Waals surface area contributed by atoms with Crippen molar-refractivity contribution in [3.63, 3.8) is 0 Å². The van der Waals surface area contributed by atoms with Gasteiger partial charge in [-0.3, -0.25) is 9.59 Å². The van der Waals surface area contributed by atoms with Gasteiger partial charge in [-0.25, -0.2) is 0 Å². The molecule has 0 aliphatic heterocycles. The fraction of sp³-hybridized carbons (Fsp3) is 0.176. The molecule has 0 radical (unpaired) electrons. The minimum atomic E-state index is 0.398. The van der Waals surface area contributed by atoms with Gasteiger partial charge in [0.25, 0.3) is 0 Å². The molecular formula is C17H15IO4. The number of carbonyl (C=O) groups excluding carboxylic acids is 2. The van der Waals surface area contributed by atoms with Gasteiger partial charge in [0, 0.05) is 11.1 Å². The van der Waals surface area contributed by atoms with Gasteiger partial charge in [0.2, 0.25) is 0 Å². The molecule has 114 valence electrons. The van der Waals surface area contributed by atoms with E-state index < -0.39 is 0 Å². The van der Waals surface area contributed by atoms with Crippen LogP contribution in [0.4, 0.5) is 0 Å². The Morgan fingerprint density at radius 2 is 1.82 bits per heavy atom. The third-order valence-electron chi connectivity index (χ3n) is 3.20. The number of methoxy groups -OCH3 is 1. The number of aldehydes is 2. The van der Waals surface area contributed by atoms with Crippen molar-refractivity contribution in [3.8, 4) is 22.6 Å². The molecule has 22 heavy (non-hydrogen) atoms. The van der Waals surface area contributed by atoms with Crippen LogP contribution < -0.4 is 9.47 Å². The van der Waals surface area contributed by atoms with Crippen molar-refractivity contribution in [2.45, 2.75) is 6.92 Å². The quantitative estimate of drug-likeness (QED) is 0.534. The van der Waals surface area contributed by atoms with E-state index in [1.807, 2.05) is 19.1 Å². The highest BCUT2D eigenvalue weighted by atomic mass is 127. The average molecular weight is 410 g/mol. The standard InChI is InChI=1S/C17H15IO4/c1-3-22-17-12(10-20)8-14(21-2)16(18)15(17)13-7-5-4-6-11(13)9-19/h4-10H,3H2,1-2H3. The van der Waals surface area contributed by atoms with Crippen molar-refractivity contribution in [3.05, 3.63) is 45.0 Å². The van der Waals surface area contributed by atoms with E-state index >= 15 is 0 Å². The Morgan fingerprint density at radius 1 is 1.14 bits per heavy atom. The van der Waals surface area contributed by atoms with Gasteiger partial charge in [0.05, 0.1) is 22.9 Å². The van der Waals surface area contributed by atoms with E-state index in [0.717, 1.165) is 16.1 Å². The number of halogens is 1. The Hall–Kier alpha value is -1.89. The molecule has 4 nitrogen and oxygen atoms in total. The molecule has 0 atom stereocenters. The monoisotopic (exact) mass is 410 g/mol. The second kappa shape index (κ2) is 7.40. The van der Waals surface area contributed by atoms with Gasteiger partial charge < -0.3 is 9.47 Å². The zero-order valence-corrected chi connectivity index (χ0v) is 14.4. The van der Waals surface area contributed by atoms with Crippen molar-refractivity contribution < 1.29 is 19.1 Å². The summed E-state index contributed by atoms with van der Waals surface area (Å²) in [6.07, 6.45) is 1.53. The zero-order valence-electron chi connectivity index (χ0n) is 12.3. The predicted octanol–water partition coefficient (Wildman–Crippen LogP) is 3.99. The Morgan fingerprint density at radius 3 is 2.41 bits per heavy atom. The summed E-state index contributed by atoms with van der Waals surface area (Å²) < 4.78 is 11.8. The van der Waals surface area contributed by atoms with E-state index in [1.165, 1.54) is 0 Å². The van der Waals surface area contributed by atoms with Crippen LogP contribution in [0.1, 0.15) is 27.6 Å². The van der Waals surface area contributed by atoms with Crippen LogP contribution >= 0.6 is 22.6 Å². The summed E-state index contributed by atoms with van der Waals surface area (Å²) in [7, 11) is 1.54. The van der Waals surface area contributed by atoms with Crippen LogP contribution in [0.15, 0.2) is 30.3 Å². The van der Waals surface area contributed by atoms with Crippen molar-refractivity contribution >= 4 is 35.2 Å². The Kier molecular flexibility index (Phi) is 5.54. The second-order valence-electron chi connectivity index (χ2n) is 4.44. The van der Waals surface area contributed by atoms with Crippen molar-refractivity contribution in [1.82, 2.24) is 0 Å². The largest absolute Gasteiger partial charge is 0.496 e. The number of benzene rings is 2. The maximum Gasteiger partial charge on any atom is 0.153 e. The number of hydrogen-bond acceptors (Lipinski definition) is 4. The first-order valence-corrected chi connectivity index (χ1v) is 7.78. The van der Waals surface area contributed by atoms with E-state index in [9.17, 15) is 9.59 Å². The SMILES string of the molecule is CCOc1c(C=O)cc(OC)c(I)c1-c1ccccc1C=O. The minimum absolute atomic E-state index is 0.398. The predicted molar refractivity (Wildman–Crippen MR) is 93.1 cm³/mol. The molecule has 0 aliphatic carbocycles. The lowest BCUT2D eigenvalue weighted by Crippen LogP contribution is -2.03. The van der Waals surface area contributed by atoms with E-state index in [-0.39, 0.29) is 0 Å². The van der Waals surface area contributed by atoms with E-state index in [1.54, 1.807) is 25.3 Å². The summed E-state index contributed by atoms with van der Waals surface area (Å²) in [6, 6.07) is 8.84. The molecule has 0 amide bonds. The smallest absolute Gasteiger partial charge is 0.153 e. The molecule has 0 spiro atoms. The van der Waals surface area contributed by atoms with Crippen LogP contribution in [0.25, 0.3) is 11.1 Å². The molecule has 0 heterocycles. The van der Waals surface area contributed by atoms with Gasteiger partial charge >= 0.3 is 0 Å². The van der Waals surface area contributed by atoms with Gasteiger partial charge in [0.15, 0.2) is 12.6 Å². The summed E-state index contributed by atoms with van der Waals surface area (Å²) in [5, 5.41) is 0. The topological polar surface area (TPSA) is 52.6 Å². The normalized spacial score (nSPS) is 10.1. The molecule has 0 fully saturated rings. The molecule has 2 aromatic rings. The average Bonchev–Trinajstić information content (AvgIpc) is 2.55. The molecule has 0 unspecified atom stereocenters. The number of rotatable bonds is 6. The first-order valence-electron chi connectivity index (χ1n) is 6.70. The highest BCUT2D eigenvalue weighted by Crippen LogP contribution is 2.42. The summed E-state index contributed by atoms with van der Waals surface area (Å²) in [5.74, 6) is 1.04. The van der Waals surface area contributed by atoms with Gasteiger partial charge in [-0.2, -0.15) is 0 Å². The zero-order chi connectivity index (χ0) is 16.1. The highest BCUT2D eigenvalue weighted by Gasteiger charge is 2.21.